The summed E-state index contributed by atoms with van der Waals surface area (Å²) >= 11 is 0. The van der Waals surface area contributed by atoms with Crippen LogP contribution in [0.3, 0.4) is 0 Å². The fourth-order valence-corrected chi connectivity index (χ4v) is 1.05. The maximum atomic E-state index is 9.31. The lowest BCUT2D eigenvalue weighted by Gasteiger charge is -2.10. The molecule has 0 aliphatic rings. The number of benzene rings is 1. The van der Waals surface area contributed by atoms with E-state index < -0.39 is 0 Å². The van der Waals surface area contributed by atoms with E-state index in [1.54, 1.807) is 0 Å². The van der Waals surface area contributed by atoms with Gasteiger partial charge in [0.05, 0.1) is 6.10 Å². The van der Waals surface area contributed by atoms with Crippen LogP contribution >= 0.6 is 0 Å². The van der Waals surface area contributed by atoms with Gasteiger partial charge in [0.1, 0.15) is 0 Å². The van der Waals surface area contributed by atoms with Gasteiger partial charge < -0.3 is 10.4 Å². The highest BCUT2D eigenvalue weighted by molar-refractivity contribution is 5.44. The summed E-state index contributed by atoms with van der Waals surface area (Å²) in [5.41, 5.74) is 2.32. The van der Waals surface area contributed by atoms with Crippen LogP contribution in [0.25, 0.3) is 0 Å². The van der Waals surface area contributed by atoms with Gasteiger partial charge in [0, 0.05) is 12.2 Å². The Kier molecular flexibility index (Phi) is 3.77. The highest BCUT2D eigenvalue weighted by Gasteiger charge is 1.98. The number of aliphatic hydroxyl groups excluding tert-OH is 1. The molecule has 1 atom stereocenters. The first kappa shape index (κ1) is 10.1. The molecule has 0 fully saturated rings. The van der Waals surface area contributed by atoms with Crippen molar-refractivity contribution in [1.82, 2.24) is 0 Å². The molecule has 1 aromatic carbocycles. The topological polar surface area (TPSA) is 32.3 Å². The molecule has 2 N–H and O–H groups in total. The van der Waals surface area contributed by atoms with E-state index in [1.165, 1.54) is 5.56 Å². The quantitative estimate of drug-likeness (QED) is 0.742. The molecule has 0 heterocycles. The molecule has 0 saturated heterocycles. The normalized spacial score (nSPS) is 12.5. The van der Waals surface area contributed by atoms with Crippen molar-refractivity contribution in [1.29, 1.82) is 0 Å². The van der Waals surface area contributed by atoms with Crippen molar-refractivity contribution in [2.45, 2.75) is 26.4 Å². The number of rotatable bonds is 4. The SMILES string of the molecule is CC[C@H](O)CNc1ccc(C)cc1. The van der Waals surface area contributed by atoms with Gasteiger partial charge in [-0.1, -0.05) is 24.6 Å². The van der Waals surface area contributed by atoms with Crippen LogP contribution in [0.15, 0.2) is 24.3 Å². The molecule has 0 unspecified atom stereocenters. The summed E-state index contributed by atoms with van der Waals surface area (Å²) in [4.78, 5) is 0. The molecular weight excluding hydrogens is 162 g/mol. The van der Waals surface area contributed by atoms with Crippen LogP contribution in [-0.2, 0) is 0 Å². The minimum Gasteiger partial charge on any atom is -0.391 e. The van der Waals surface area contributed by atoms with Crippen molar-refractivity contribution in [3.05, 3.63) is 29.8 Å². The van der Waals surface area contributed by atoms with Gasteiger partial charge in [0.2, 0.25) is 0 Å². The van der Waals surface area contributed by atoms with E-state index in [0.29, 0.717) is 6.54 Å². The van der Waals surface area contributed by atoms with Crippen molar-refractivity contribution in [2.75, 3.05) is 11.9 Å². The Morgan fingerprint density at radius 2 is 1.92 bits per heavy atom. The molecule has 0 aliphatic heterocycles. The average Bonchev–Trinajstić information content (AvgIpc) is 2.16. The first-order valence-electron chi connectivity index (χ1n) is 4.71. The van der Waals surface area contributed by atoms with E-state index in [4.69, 9.17) is 0 Å². The maximum absolute atomic E-state index is 9.31. The second kappa shape index (κ2) is 4.87. The van der Waals surface area contributed by atoms with Crippen molar-refractivity contribution in [2.24, 2.45) is 0 Å². The van der Waals surface area contributed by atoms with Gasteiger partial charge in [-0.25, -0.2) is 0 Å². The van der Waals surface area contributed by atoms with Gasteiger partial charge in [0.15, 0.2) is 0 Å². The molecule has 2 nitrogen and oxygen atoms in total. The van der Waals surface area contributed by atoms with Crippen molar-refractivity contribution in [3.63, 3.8) is 0 Å². The monoisotopic (exact) mass is 179 g/mol. The van der Waals surface area contributed by atoms with Gasteiger partial charge in [-0.15, -0.1) is 0 Å². The van der Waals surface area contributed by atoms with Crippen LogP contribution in [0, 0.1) is 6.92 Å². The fraction of sp³-hybridized carbons (Fsp3) is 0.455. The molecule has 1 aromatic rings. The molecule has 2 heteroatoms. The zero-order chi connectivity index (χ0) is 9.68. The third-order valence-electron chi connectivity index (χ3n) is 2.06. The largest absolute Gasteiger partial charge is 0.391 e. The molecule has 0 bridgehead atoms. The second-order valence-electron chi connectivity index (χ2n) is 3.31. The molecule has 72 valence electrons. The third kappa shape index (κ3) is 3.47. The van der Waals surface area contributed by atoms with Gasteiger partial charge >= 0.3 is 0 Å². The number of aryl methyl sites for hydroxylation is 1. The number of hydrogen-bond acceptors (Lipinski definition) is 2. The molecule has 0 aliphatic carbocycles. The Bertz CT molecular complexity index is 243. The summed E-state index contributed by atoms with van der Waals surface area (Å²) in [5.74, 6) is 0. The molecule has 0 saturated carbocycles. The summed E-state index contributed by atoms with van der Waals surface area (Å²) in [5, 5.41) is 12.5. The third-order valence-corrected chi connectivity index (χ3v) is 2.06. The predicted octanol–water partition coefficient (Wildman–Crippen LogP) is 2.18. The Labute approximate surface area is 79.6 Å². The minimum atomic E-state index is -0.249. The maximum Gasteiger partial charge on any atom is 0.0709 e. The van der Waals surface area contributed by atoms with Gasteiger partial charge in [-0.05, 0) is 25.5 Å². The first-order chi connectivity index (χ1) is 6.22. The smallest absolute Gasteiger partial charge is 0.0709 e. The van der Waals surface area contributed by atoms with Crippen LogP contribution in [0.5, 0.6) is 0 Å². The molecular formula is C11H17NO. The van der Waals surface area contributed by atoms with E-state index in [1.807, 2.05) is 19.1 Å². The van der Waals surface area contributed by atoms with Gasteiger partial charge in [0.25, 0.3) is 0 Å². The molecule has 13 heavy (non-hydrogen) atoms. The van der Waals surface area contributed by atoms with E-state index in [9.17, 15) is 5.11 Å². The number of nitrogens with one attached hydrogen (secondary N) is 1. The number of hydrogen-bond donors (Lipinski definition) is 2. The van der Waals surface area contributed by atoms with E-state index in [0.717, 1.165) is 12.1 Å². The van der Waals surface area contributed by atoms with Gasteiger partial charge in [-0.3, -0.25) is 0 Å². The summed E-state index contributed by atoms with van der Waals surface area (Å²) in [6.45, 7) is 4.66. The van der Waals surface area contributed by atoms with Gasteiger partial charge in [-0.2, -0.15) is 0 Å². The fourth-order valence-electron chi connectivity index (χ4n) is 1.05. The van der Waals surface area contributed by atoms with Crippen LogP contribution < -0.4 is 5.32 Å². The zero-order valence-corrected chi connectivity index (χ0v) is 8.25. The highest BCUT2D eigenvalue weighted by Crippen LogP contribution is 2.08. The number of anilines is 1. The van der Waals surface area contributed by atoms with Crippen molar-refractivity contribution < 1.29 is 5.11 Å². The minimum absolute atomic E-state index is 0.249. The molecule has 1 rings (SSSR count). The lowest BCUT2D eigenvalue weighted by Crippen LogP contribution is -2.17. The Balaban J connectivity index is 2.41. The molecule has 0 aromatic heterocycles. The lowest BCUT2D eigenvalue weighted by molar-refractivity contribution is 0.183. The lowest BCUT2D eigenvalue weighted by atomic mass is 10.2. The summed E-state index contributed by atoms with van der Waals surface area (Å²) in [6.07, 6.45) is 0.542. The number of aliphatic hydroxyl groups is 1. The van der Waals surface area contributed by atoms with Crippen molar-refractivity contribution >= 4 is 5.69 Å². The standard InChI is InChI=1S/C11H17NO/c1-3-11(13)8-12-10-6-4-9(2)5-7-10/h4-7,11-13H,3,8H2,1-2H3/t11-/m0/s1. The van der Waals surface area contributed by atoms with Crippen LogP contribution in [0.4, 0.5) is 5.69 Å². The molecule has 0 amide bonds. The predicted molar refractivity (Wildman–Crippen MR) is 56.0 cm³/mol. The second-order valence-corrected chi connectivity index (χ2v) is 3.31. The summed E-state index contributed by atoms with van der Waals surface area (Å²) < 4.78 is 0. The molecule has 0 radical (unpaired) electrons. The van der Waals surface area contributed by atoms with E-state index in [2.05, 4.69) is 24.4 Å². The average molecular weight is 179 g/mol. The van der Waals surface area contributed by atoms with Crippen LogP contribution in [0.2, 0.25) is 0 Å². The van der Waals surface area contributed by atoms with E-state index in [-0.39, 0.29) is 6.10 Å². The highest BCUT2D eigenvalue weighted by atomic mass is 16.3. The summed E-state index contributed by atoms with van der Waals surface area (Å²) in [7, 11) is 0. The van der Waals surface area contributed by atoms with Crippen LogP contribution in [0.1, 0.15) is 18.9 Å². The van der Waals surface area contributed by atoms with Crippen LogP contribution in [-0.4, -0.2) is 17.8 Å². The summed E-state index contributed by atoms with van der Waals surface area (Å²) in [6, 6.07) is 8.16. The van der Waals surface area contributed by atoms with E-state index >= 15 is 0 Å². The first-order valence-corrected chi connectivity index (χ1v) is 4.71. The Morgan fingerprint density at radius 3 is 2.46 bits per heavy atom. The Morgan fingerprint density at radius 1 is 1.31 bits per heavy atom. The molecule has 0 spiro atoms. The Hall–Kier alpha value is -1.02. The van der Waals surface area contributed by atoms with Crippen molar-refractivity contribution in [3.8, 4) is 0 Å². The zero-order valence-electron chi connectivity index (χ0n) is 8.25.